The van der Waals surface area contributed by atoms with Crippen molar-refractivity contribution in [1.82, 2.24) is 0 Å². The van der Waals surface area contributed by atoms with E-state index < -0.39 is 4.84 Å². The van der Waals surface area contributed by atoms with Crippen molar-refractivity contribution in [2.75, 3.05) is 0 Å². The smallest absolute Gasteiger partial charge is 0.113 e. The van der Waals surface area contributed by atoms with Gasteiger partial charge in [-0.1, -0.05) is 54.6 Å². The molecule has 0 aliphatic heterocycles. The van der Waals surface area contributed by atoms with E-state index in [4.69, 9.17) is 34.8 Å². The lowest BCUT2D eigenvalue weighted by Gasteiger charge is -2.12. The Labute approximate surface area is 116 Å². The molecule has 17 heavy (non-hydrogen) atoms. The summed E-state index contributed by atoms with van der Waals surface area (Å²) < 4.78 is 0. The molecule has 0 nitrogen and oxygen atoms in total. The van der Waals surface area contributed by atoms with Gasteiger partial charge in [-0.3, -0.25) is 0 Å². The van der Waals surface area contributed by atoms with Crippen LogP contribution in [-0.2, 0) is 0 Å². The Hall–Kier alpha value is -0.690. The first-order chi connectivity index (χ1) is 8.18. The van der Waals surface area contributed by atoms with Crippen LogP contribution in [0.1, 0.15) is 26.9 Å². The first kappa shape index (κ1) is 12.8. The van der Waals surface area contributed by atoms with E-state index in [0.29, 0.717) is 0 Å². The standard InChI is InChI=1S/C14H11Cl3/c15-13(10-5-2-1-3-6-10)11-7-4-8-12(9-11)14(16)17/h1-9,13-14H. The average Bonchev–Trinajstić information content (AvgIpc) is 2.39. The third-order valence-corrected chi connectivity index (χ3v) is 3.56. The topological polar surface area (TPSA) is 0 Å². The van der Waals surface area contributed by atoms with Gasteiger partial charge in [0, 0.05) is 0 Å². The van der Waals surface area contributed by atoms with E-state index >= 15 is 0 Å². The SMILES string of the molecule is ClC(Cl)c1cccc(C(Cl)c2ccccc2)c1. The second kappa shape index (κ2) is 5.77. The van der Waals surface area contributed by atoms with E-state index in [1.807, 2.05) is 54.6 Å². The molecule has 0 aliphatic rings. The zero-order valence-electron chi connectivity index (χ0n) is 8.98. The Balaban J connectivity index is 2.31. The molecular formula is C14H11Cl3. The molecule has 0 radical (unpaired) electrons. The Bertz CT molecular complexity index is 480. The van der Waals surface area contributed by atoms with Gasteiger partial charge in [-0.25, -0.2) is 0 Å². The van der Waals surface area contributed by atoms with Crippen LogP contribution in [0.2, 0.25) is 0 Å². The van der Waals surface area contributed by atoms with Gasteiger partial charge in [0.15, 0.2) is 0 Å². The molecule has 3 heteroatoms. The van der Waals surface area contributed by atoms with E-state index in [1.54, 1.807) is 0 Å². The maximum absolute atomic E-state index is 6.42. The van der Waals surface area contributed by atoms with Gasteiger partial charge in [0.25, 0.3) is 0 Å². The molecule has 0 spiro atoms. The van der Waals surface area contributed by atoms with Gasteiger partial charge in [0.05, 0.1) is 5.38 Å². The van der Waals surface area contributed by atoms with Crippen LogP contribution in [0.15, 0.2) is 54.6 Å². The fourth-order valence-corrected chi connectivity index (χ4v) is 2.22. The van der Waals surface area contributed by atoms with E-state index in [2.05, 4.69) is 0 Å². The summed E-state index contributed by atoms with van der Waals surface area (Å²) in [6.45, 7) is 0. The number of hydrogen-bond donors (Lipinski definition) is 0. The van der Waals surface area contributed by atoms with E-state index in [1.165, 1.54) is 0 Å². The highest BCUT2D eigenvalue weighted by Crippen LogP contribution is 2.32. The summed E-state index contributed by atoms with van der Waals surface area (Å²) >= 11 is 18.1. The Kier molecular flexibility index (Phi) is 4.33. The quantitative estimate of drug-likeness (QED) is 0.654. The first-order valence-corrected chi connectivity index (χ1v) is 6.56. The molecule has 0 aliphatic carbocycles. The highest BCUT2D eigenvalue weighted by molar-refractivity contribution is 6.44. The van der Waals surface area contributed by atoms with Crippen molar-refractivity contribution < 1.29 is 0 Å². The van der Waals surface area contributed by atoms with Crippen LogP contribution in [0.25, 0.3) is 0 Å². The van der Waals surface area contributed by atoms with E-state index in [0.717, 1.165) is 16.7 Å². The minimum atomic E-state index is -0.519. The molecule has 1 atom stereocenters. The van der Waals surface area contributed by atoms with Crippen molar-refractivity contribution in [2.45, 2.75) is 10.2 Å². The molecule has 2 rings (SSSR count). The van der Waals surface area contributed by atoms with Gasteiger partial charge < -0.3 is 0 Å². The molecule has 0 N–H and O–H groups in total. The molecule has 1 unspecified atom stereocenters. The maximum Gasteiger partial charge on any atom is 0.132 e. The monoisotopic (exact) mass is 284 g/mol. The molecule has 2 aromatic rings. The summed E-state index contributed by atoms with van der Waals surface area (Å²) in [4.78, 5) is -0.519. The van der Waals surface area contributed by atoms with Crippen molar-refractivity contribution >= 4 is 34.8 Å². The second-order valence-electron chi connectivity index (χ2n) is 3.74. The molecular weight excluding hydrogens is 275 g/mol. The van der Waals surface area contributed by atoms with Gasteiger partial charge in [-0.2, -0.15) is 0 Å². The molecule has 0 heterocycles. The number of halogens is 3. The fourth-order valence-electron chi connectivity index (χ4n) is 1.67. The predicted molar refractivity (Wildman–Crippen MR) is 75.0 cm³/mol. The number of hydrogen-bond acceptors (Lipinski definition) is 0. The molecule has 0 saturated carbocycles. The average molecular weight is 286 g/mol. The summed E-state index contributed by atoms with van der Waals surface area (Å²) in [5.41, 5.74) is 2.93. The molecule has 2 aromatic carbocycles. The summed E-state index contributed by atoms with van der Waals surface area (Å²) in [5.74, 6) is 0. The Morgan fingerprint density at radius 3 is 1.88 bits per heavy atom. The lowest BCUT2D eigenvalue weighted by Crippen LogP contribution is -1.94. The van der Waals surface area contributed by atoms with Crippen LogP contribution in [-0.4, -0.2) is 0 Å². The van der Waals surface area contributed by atoms with Crippen molar-refractivity contribution in [3.05, 3.63) is 71.3 Å². The second-order valence-corrected chi connectivity index (χ2v) is 5.28. The lowest BCUT2D eigenvalue weighted by atomic mass is 10.0. The number of benzene rings is 2. The fraction of sp³-hybridized carbons (Fsp3) is 0.143. The predicted octanol–water partition coefficient (Wildman–Crippen LogP) is 5.49. The molecule has 0 saturated heterocycles. The first-order valence-electron chi connectivity index (χ1n) is 5.25. The zero-order chi connectivity index (χ0) is 12.3. The summed E-state index contributed by atoms with van der Waals surface area (Å²) in [6.07, 6.45) is 0. The van der Waals surface area contributed by atoms with Crippen LogP contribution >= 0.6 is 34.8 Å². The molecule has 0 fully saturated rings. The van der Waals surface area contributed by atoms with Crippen LogP contribution in [0.3, 0.4) is 0 Å². The maximum atomic E-state index is 6.42. The van der Waals surface area contributed by atoms with Crippen LogP contribution in [0, 0.1) is 0 Å². The van der Waals surface area contributed by atoms with Gasteiger partial charge >= 0.3 is 0 Å². The summed E-state index contributed by atoms with van der Waals surface area (Å²) in [7, 11) is 0. The number of alkyl halides is 3. The largest absolute Gasteiger partial charge is 0.132 e. The Morgan fingerprint density at radius 1 is 0.647 bits per heavy atom. The third kappa shape index (κ3) is 3.16. The minimum absolute atomic E-state index is 0.178. The minimum Gasteiger partial charge on any atom is -0.113 e. The van der Waals surface area contributed by atoms with Crippen molar-refractivity contribution in [3.63, 3.8) is 0 Å². The van der Waals surface area contributed by atoms with Crippen LogP contribution in [0.4, 0.5) is 0 Å². The lowest BCUT2D eigenvalue weighted by molar-refractivity contribution is 1.13. The van der Waals surface area contributed by atoms with Crippen molar-refractivity contribution in [2.24, 2.45) is 0 Å². The number of rotatable bonds is 3. The zero-order valence-corrected chi connectivity index (χ0v) is 11.3. The molecule has 88 valence electrons. The van der Waals surface area contributed by atoms with Gasteiger partial charge in [0.1, 0.15) is 4.84 Å². The van der Waals surface area contributed by atoms with Gasteiger partial charge in [0.2, 0.25) is 0 Å². The summed E-state index contributed by atoms with van der Waals surface area (Å²) in [6, 6.07) is 17.6. The molecule has 0 aromatic heterocycles. The van der Waals surface area contributed by atoms with E-state index in [9.17, 15) is 0 Å². The highest BCUT2D eigenvalue weighted by atomic mass is 35.5. The normalized spacial score (nSPS) is 12.7. The summed E-state index contributed by atoms with van der Waals surface area (Å²) in [5, 5.41) is -0.178. The highest BCUT2D eigenvalue weighted by Gasteiger charge is 2.12. The molecule has 0 bridgehead atoms. The third-order valence-electron chi connectivity index (χ3n) is 2.55. The molecule has 0 amide bonds. The van der Waals surface area contributed by atoms with Crippen molar-refractivity contribution in [1.29, 1.82) is 0 Å². The van der Waals surface area contributed by atoms with Crippen molar-refractivity contribution in [3.8, 4) is 0 Å². The van der Waals surface area contributed by atoms with Crippen LogP contribution < -0.4 is 0 Å². The van der Waals surface area contributed by atoms with Gasteiger partial charge in [-0.15, -0.1) is 34.8 Å². The Morgan fingerprint density at radius 2 is 1.24 bits per heavy atom. The van der Waals surface area contributed by atoms with Crippen LogP contribution in [0.5, 0.6) is 0 Å². The van der Waals surface area contributed by atoms with E-state index in [-0.39, 0.29) is 5.38 Å². The van der Waals surface area contributed by atoms with Gasteiger partial charge in [-0.05, 0) is 16.7 Å².